The van der Waals surface area contributed by atoms with Crippen molar-refractivity contribution in [2.45, 2.75) is 26.3 Å². The number of nitrogens with one attached hydrogen (secondary N) is 1. The van der Waals surface area contributed by atoms with Crippen LogP contribution in [0, 0.1) is 19.8 Å². The number of Topliss-reactive ketones (excluding diaryl/α,β-unsaturated/α-hetero) is 2. The molecular formula is C27H33N2O5+. The normalized spacial score (nSPS) is 21.2. The Bertz CT molecular complexity index is 1060. The molecule has 2 saturated heterocycles. The molecule has 7 nitrogen and oxygen atoms in total. The van der Waals surface area contributed by atoms with Gasteiger partial charge in [-0.2, -0.15) is 0 Å². The van der Waals surface area contributed by atoms with Gasteiger partial charge in [-0.25, -0.2) is 0 Å². The SMILES string of the molecule is COc1ccc(C(=O)C2C(=O)C(=O)N(CCC[NH+]3CCOCC3)C2c2ccc(C)cc2)c(C)c1. The molecule has 2 unspecified atom stereocenters. The van der Waals surface area contributed by atoms with Crippen molar-refractivity contribution in [2.24, 2.45) is 5.92 Å². The van der Waals surface area contributed by atoms with Gasteiger partial charge in [0.15, 0.2) is 5.78 Å². The van der Waals surface area contributed by atoms with Crippen molar-refractivity contribution in [3.05, 3.63) is 64.7 Å². The molecule has 180 valence electrons. The van der Waals surface area contributed by atoms with Crippen LogP contribution in [0.25, 0.3) is 0 Å². The van der Waals surface area contributed by atoms with Crippen LogP contribution in [0.1, 0.15) is 39.5 Å². The first-order chi connectivity index (χ1) is 16.4. The van der Waals surface area contributed by atoms with Gasteiger partial charge in [0.2, 0.25) is 5.78 Å². The fraction of sp³-hybridized carbons (Fsp3) is 0.444. The quantitative estimate of drug-likeness (QED) is 0.364. The fourth-order valence-electron chi connectivity index (χ4n) is 4.98. The zero-order valence-electron chi connectivity index (χ0n) is 20.1. The Morgan fingerprint density at radius 3 is 2.44 bits per heavy atom. The molecule has 2 aliphatic heterocycles. The van der Waals surface area contributed by atoms with Crippen LogP contribution >= 0.6 is 0 Å². The number of benzene rings is 2. The van der Waals surface area contributed by atoms with E-state index in [9.17, 15) is 14.4 Å². The van der Waals surface area contributed by atoms with Crippen LogP contribution in [0.3, 0.4) is 0 Å². The van der Waals surface area contributed by atoms with E-state index in [0.29, 0.717) is 17.9 Å². The second kappa shape index (κ2) is 10.5. The van der Waals surface area contributed by atoms with Crippen LogP contribution in [-0.2, 0) is 14.3 Å². The molecule has 2 aliphatic rings. The van der Waals surface area contributed by atoms with Crippen LogP contribution in [0.15, 0.2) is 42.5 Å². The first-order valence-corrected chi connectivity index (χ1v) is 11.9. The molecule has 0 saturated carbocycles. The third kappa shape index (κ3) is 4.91. The Morgan fingerprint density at radius 1 is 1.09 bits per heavy atom. The Hall–Kier alpha value is -3.03. The van der Waals surface area contributed by atoms with Gasteiger partial charge in [0, 0.05) is 18.5 Å². The lowest BCUT2D eigenvalue weighted by Gasteiger charge is -2.29. The summed E-state index contributed by atoms with van der Waals surface area (Å²) in [4.78, 5) is 43.1. The Kier molecular flexibility index (Phi) is 7.44. The van der Waals surface area contributed by atoms with E-state index in [4.69, 9.17) is 9.47 Å². The second-order valence-corrected chi connectivity index (χ2v) is 9.21. The number of carbonyl (C=O) groups excluding carboxylic acids is 3. The summed E-state index contributed by atoms with van der Waals surface area (Å²) in [6.07, 6.45) is 0.763. The number of quaternary nitrogens is 1. The van der Waals surface area contributed by atoms with Crippen LogP contribution < -0.4 is 9.64 Å². The number of ether oxygens (including phenoxy) is 2. The number of rotatable bonds is 8. The minimum atomic E-state index is -1.06. The molecular weight excluding hydrogens is 432 g/mol. The van der Waals surface area contributed by atoms with E-state index < -0.39 is 23.7 Å². The number of aryl methyl sites for hydroxylation is 2. The van der Waals surface area contributed by atoms with Gasteiger partial charge in [0.1, 0.15) is 24.8 Å². The van der Waals surface area contributed by atoms with E-state index in [2.05, 4.69) is 0 Å². The lowest BCUT2D eigenvalue weighted by Crippen LogP contribution is -3.14. The van der Waals surface area contributed by atoms with Crippen LogP contribution in [0.2, 0.25) is 0 Å². The average molecular weight is 466 g/mol. The summed E-state index contributed by atoms with van der Waals surface area (Å²) in [6, 6.07) is 12.3. The number of amides is 1. The highest BCUT2D eigenvalue weighted by molar-refractivity contribution is 6.44. The molecule has 2 atom stereocenters. The predicted molar refractivity (Wildman–Crippen MR) is 127 cm³/mol. The highest BCUT2D eigenvalue weighted by Crippen LogP contribution is 2.39. The topological polar surface area (TPSA) is 77.4 Å². The molecule has 0 aliphatic carbocycles. The van der Waals surface area contributed by atoms with Gasteiger partial charge in [-0.15, -0.1) is 0 Å². The van der Waals surface area contributed by atoms with E-state index in [1.54, 1.807) is 30.2 Å². The maximum absolute atomic E-state index is 13.7. The standard InChI is InChI=1S/C27H32N2O5/c1-18-5-7-20(8-6-18)24-23(25(30)22-10-9-21(33-3)17-19(22)2)26(31)27(32)29(24)12-4-11-28-13-15-34-16-14-28/h5-10,17,23-24H,4,11-16H2,1-3H3/p+1. The van der Waals surface area contributed by atoms with Crippen molar-refractivity contribution in [1.29, 1.82) is 0 Å². The number of morpholine rings is 1. The van der Waals surface area contributed by atoms with Gasteiger partial charge < -0.3 is 19.3 Å². The monoisotopic (exact) mass is 465 g/mol. The molecule has 7 heteroatoms. The summed E-state index contributed by atoms with van der Waals surface area (Å²) < 4.78 is 10.7. The van der Waals surface area contributed by atoms with Crippen LogP contribution in [-0.4, -0.2) is 68.9 Å². The van der Waals surface area contributed by atoms with Gasteiger partial charge in [-0.1, -0.05) is 29.8 Å². The summed E-state index contributed by atoms with van der Waals surface area (Å²) in [5, 5.41) is 0. The summed E-state index contributed by atoms with van der Waals surface area (Å²) in [5.74, 6) is -1.91. The smallest absolute Gasteiger partial charge is 0.291 e. The highest BCUT2D eigenvalue weighted by Gasteiger charge is 2.51. The largest absolute Gasteiger partial charge is 0.497 e. The molecule has 1 N–H and O–H groups in total. The summed E-state index contributed by atoms with van der Waals surface area (Å²) >= 11 is 0. The minimum Gasteiger partial charge on any atom is -0.497 e. The summed E-state index contributed by atoms with van der Waals surface area (Å²) in [7, 11) is 1.57. The molecule has 2 aromatic rings. The Morgan fingerprint density at radius 2 is 1.79 bits per heavy atom. The zero-order chi connectivity index (χ0) is 24.2. The molecule has 34 heavy (non-hydrogen) atoms. The van der Waals surface area contributed by atoms with E-state index in [1.807, 2.05) is 38.1 Å². The average Bonchev–Trinajstić information content (AvgIpc) is 3.09. The van der Waals surface area contributed by atoms with Gasteiger partial charge in [0.25, 0.3) is 5.91 Å². The summed E-state index contributed by atoms with van der Waals surface area (Å²) in [5.41, 5.74) is 3.06. The van der Waals surface area contributed by atoms with Crippen molar-refractivity contribution >= 4 is 17.5 Å². The maximum Gasteiger partial charge on any atom is 0.291 e. The van der Waals surface area contributed by atoms with Crippen LogP contribution in [0.4, 0.5) is 0 Å². The van der Waals surface area contributed by atoms with Crippen molar-refractivity contribution < 1.29 is 28.8 Å². The van der Waals surface area contributed by atoms with Gasteiger partial charge >= 0.3 is 0 Å². The number of nitrogens with zero attached hydrogens (tertiary/aromatic N) is 1. The van der Waals surface area contributed by atoms with E-state index in [-0.39, 0.29) is 5.78 Å². The van der Waals surface area contributed by atoms with Crippen molar-refractivity contribution in [3.8, 4) is 5.75 Å². The molecule has 0 spiro atoms. The third-order valence-electron chi connectivity index (χ3n) is 6.94. The molecule has 2 aromatic carbocycles. The number of hydrogen-bond donors (Lipinski definition) is 1. The van der Waals surface area contributed by atoms with Gasteiger partial charge in [-0.3, -0.25) is 14.4 Å². The third-order valence-corrected chi connectivity index (χ3v) is 6.94. The van der Waals surface area contributed by atoms with Crippen molar-refractivity contribution in [1.82, 2.24) is 4.90 Å². The Balaban J connectivity index is 1.62. The lowest BCUT2D eigenvalue weighted by atomic mass is 9.85. The fourth-order valence-corrected chi connectivity index (χ4v) is 4.98. The highest BCUT2D eigenvalue weighted by atomic mass is 16.5. The predicted octanol–water partition coefficient (Wildman–Crippen LogP) is 1.57. The maximum atomic E-state index is 13.7. The molecule has 0 aromatic heterocycles. The van der Waals surface area contributed by atoms with Gasteiger partial charge in [-0.05, 0) is 43.2 Å². The number of hydrogen-bond acceptors (Lipinski definition) is 5. The van der Waals surface area contributed by atoms with Crippen LogP contribution in [0.5, 0.6) is 5.75 Å². The second-order valence-electron chi connectivity index (χ2n) is 9.21. The Labute approximate surface area is 200 Å². The minimum absolute atomic E-state index is 0.314. The number of carbonyl (C=O) groups is 3. The molecule has 0 radical (unpaired) electrons. The molecule has 2 heterocycles. The summed E-state index contributed by atoms with van der Waals surface area (Å²) in [6.45, 7) is 8.55. The number of likely N-dealkylation sites (tertiary alicyclic amines) is 1. The van der Waals surface area contributed by atoms with Crippen molar-refractivity contribution in [2.75, 3.05) is 46.5 Å². The van der Waals surface area contributed by atoms with E-state index in [0.717, 1.165) is 56.0 Å². The van der Waals surface area contributed by atoms with E-state index in [1.165, 1.54) is 4.90 Å². The molecule has 2 fully saturated rings. The zero-order valence-corrected chi connectivity index (χ0v) is 20.1. The lowest BCUT2D eigenvalue weighted by molar-refractivity contribution is -0.908. The van der Waals surface area contributed by atoms with E-state index >= 15 is 0 Å². The first kappa shape index (κ1) is 24.1. The molecule has 4 rings (SSSR count). The molecule has 1 amide bonds. The first-order valence-electron chi connectivity index (χ1n) is 11.9. The number of methoxy groups -OCH3 is 1. The number of ketones is 2. The molecule has 0 bridgehead atoms. The van der Waals surface area contributed by atoms with Crippen molar-refractivity contribution in [3.63, 3.8) is 0 Å². The van der Waals surface area contributed by atoms with Gasteiger partial charge in [0.05, 0.1) is 32.9 Å².